The number of likely N-dealkylation sites (tertiary alicyclic amines) is 1. The Bertz CT molecular complexity index is 670. The SMILES string of the molecule is C#CCNC(=O)CC[C@H]1CNC(=O)[C@@H]2[C@H](CCN2Cc2cccs2)N1C. The molecule has 1 aromatic heterocycles. The van der Waals surface area contributed by atoms with Crippen molar-refractivity contribution in [2.24, 2.45) is 0 Å². The first-order valence-electron chi connectivity index (χ1n) is 9.06. The highest BCUT2D eigenvalue weighted by molar-refractivity contribution is 7.09. The van der Waals surface area contributed by atoms with Crippen molar-refractivity contribution in [3.8, 4) is 12.3 Å². The second-order valence-corrected chi connectivity index (χ2v) is 7.97. The minimum atomic E-state index is -0.123. The van der Waals surface area contributed by atoms with Gasteiger partial charge in [0.15, 0.2) is 0 Å². The molecule has 0 aromatic carbocycles. The predicted molar refractivity (Wildman–Crippen MR) is 103 cm³/mol. The predicted octanol–water partition coefficient (Wildman–Crippen LogP) is 0.651. The molecule has 7 heteroatoms. The zero-order valence-corrected chi connectivity index (χ0v) is 15.9. The molecule has 0 unspecified atom stereocenters. The Balaban J connectivity index is 1.62. The van der Waals surface area contributed by atoms with E-state index >= 15 is 0 Å². The molecule has 0 bridgehead atoms. The second-order valence-electron chi connectivity index (χ2n) is 6.93. The quantitative estimate of drug-likeness (QED) is 0.718. The van der Waals surface area contributed by atoms with Crippen LogP contribution in [-0.2, 0) is 16.1 Å². The number of carbonyl (C=O) groups excluding carboxylic acids is 2. The molecule has 6 nitrogen and oxygen atoms in total. The van der Waals surface area contributed by atoms with Gasteiger partial charge >= 0.3 is 0 Å². The summed E-state index contributed by atoms with van der Waals surface area (Å²) in [5, 5.41) is 7.86. The van der Waals surface area contributed by atoms with E-state index in [-0.39, 0.29) is 36.5 Å². The van der Waals surface area contributed by atoms with E-state index in [1.807, 2.05) is 6.07 Å². The minimum Gasteiger partial charge on any atom is -0.353 e. The number of fused-ring (bicyclic) bond motifs is 1. The van der Waals surface area contributed by atoms with Gasteiger partial charge in [-0.15, -0.1) is 17.8 Å². The number of hydrogen-bond donors (Lipinski definition) is 2. The number of likely N-dealkylation sites (N-methyl/N-ethyl adjacent to an activating group) is 1. The highest BCUT2D eigenvalue weighted by Crippen LogP contribution is 2.29. The molecular weight excluding hydrogens is 348 g/mol. The van der Waals surface area contributed by atoms with Gasteiger partial charge in [-0.05, 0) is 31.3 Å². The molecule has 2 fully saturated rings. The number of amides is 2. The van der Waals surface area contributed by atoms with Gasteiger partial charge in [-0.2, -0.15) is 0 Å². The Hall–Kier alpha value is -1.88. The zero-order valence-electron chi connectivity index (χ0n) is 15.1. The van der Waals surface area contributed by atoms with Gasteiger partial charge < -0.3 is 10.6 Å². The second kappa shape index (κ2) is 8.67. The Labute approximate surface area is 158 Å². The summed E-state index contributed by atoms with van der Waals surface area (Å²) in [5.41, 5.74) is 0. The molecule has 2 saturated heterocycles. The first kappa shape index (κ1) is 18.9. The van der Waals surface area contributed by atoms with E-state index in [0.717, 1.165) is 19.5 Å². The van der Waals surface area contributed by atoms with Crippen LogP contribution in [0, 0.1) is 12.3 Å². The largest absolute Gasteiger partial charge is 0.353 e. The summed E-state index contributed by atoms with van der Waals surface area (Å²) in [6, 6.07) is 4.40. The summed E-state index contributed by atoms with van der Waals surface area (Å²) in [4.78, 5) is 30.4. The molecule has 0 aliphatic carbocycles. The summed E-state index contributed by atoms with van der Waals surface area (Å²) in [7, 11) is 2.08. The minimum absolute atomic E-state index is 0.0331. The fourth-order valence-electron chi connectivity index (χ4n) is 3.96. The third kappa shape index (κ3) is 4.26. The molecular formula is C19H26N4O2S. The van der Waals surface area contributed by atoms with Crippen molar-refractivity contribution in [3.63, 3.8) is 0 Å². The van der Waals surface area contributed by atoms with Gasteiger partial charge in [0, 0.05) is 43.0 Å². The lowest BCUT2D eigenvalue weighted by molar-refractivity contribution is -0.126. The van der Waals surface area contributed by atoms with Crippen molar-refractivity contribution in [1.29, 1.82) is 0 Å². The average molecular weight is 375 g/mol. The maximum absolute atomic E-state index is 12.7. The van der Waals surface area contributed by atoms with Gasteiger partial charge in [0.05, 0.1) is 6.54 Å². The van der Waals surface area contributed by atoms with Gasteiger partial charge in [0.1, 0.15) is 6.04 Å². The maximum atomic E-state index is 12.7. The Morgan fingerprint density at radius 1 is 1.54 bits per heavy atom. The van der Waals surface area contributed by atoms with Gasteiger partial charge in [-0.3, -0.25) is 19.4 Å². The lowest BCUT2D eigenvalue weighted by atomic mass is 10.0. The van der Waals surface area contributed by atoms with Crippen molar-refractivity contribution < 1.29 is 9.59 Å². The third-order valence-corrected chi connectivity index (χ3v) is 6.24. The van der Waals surface area contributed by atoms with E-state index in [9.17, 15) is 9.59 Å². The van der Waals surface area contributed by atoms with Gasteiger partial charge in [0.2, 0.25) is 11.8 Å². The Morgan fingerprint density at radius 2 is 2.38 bits per heavy atom. The molecule has 3 heterocycles. The number of nitrogens with one attached hydrogen (secondary N) is 2. The van der Waals surface area contributed by atoms with E-state index in [4.69, 9.17) is 6.42 Å². The fourth-order valence-corrected chi connectivity index (χ4v) is 4.69. The Morgan fingerprint density at radius 3 is 3.12 bits per heavy atom. The molecule has 0 spiro atoms. The van der Waals surface area contributed by atoms with Crippen LogP contribution >= 0.6 is 11.3 Å². The molecule has 3 atom stereocenters. The van der Waals surface area contributed by atoms with Crippen LogP contribution in [0.15, 0.2) is 17.5 Å². The van der Waals surface area contributed by atoms with E-state index in [0.29, 0.717) is 19.4 Å². The molecule has 0 saturated carbocycles. The van der Waals surface area contributed by atoms with Crippen LogP contribution in [0.1, 0.15) is 24.1 Å². The fraction of sp³-hybridized carbons (Fsp3) is 0.579. The van der Waals surface area contributed by atoms with Crippen LogP contribution in [0.5, 0.6) is 0 Å². The summed E-state index contributed by atoms with van der Waals surface area (Å²) in [5.74, 6) is 2.48. The number of nitrogens with zero attached hydrogens (tertiary/aromatic N) is 2. The Kier molecular flexibility index (Phi) is 6.30. The molecule has 2 aliphatic heterocycles. The molecule has 2 amide bonds. The summed E-state index contributed by atoms with van der Waals surface area (Å²) >= 11 is 1.73. The molecule has 2 N–H and O–H groups in total. The maximum Gasteiger partial charge on any atom is 0.239 e. The summed E-state index contributed by atoms with van der Waals surface area (Å²) in [6.07, 6.45) is 7.27. The first-order chi connectivity index (χ1) is 12.6. The van der Waals surface area contributed by atoms with Gasteiger partial charge in [0.25, 0.3) is 0 Å². The highest BCUT2D eigenvalue weighted by Gasteiger charge is 2.44. The summed E-state index contributed by atoms with van der Waals surface area (Å²) < 4.78 is 0. The standard InChI is InChI=1S/C19H26N4O2S/c1-3-9-20-17(24)7-6-14-12-21-19(25)18-16(22(14)2)8-10-23(18)13-15-5-4-11-26-15/h1,4-5,11,14,16,18H,6-10,12-13H2,2H3,(H,20,24)(H,21,25)/t14-,16-,18-/m0/s1. The molecule has 26 heavy (non-hydrogen) atoms. The number of rotatable bonds is 6. The van der Waals surface area contributed by atoms with Crippen LogP contribution in [-0.4, -0.2) is 66.4 Å². The molecule has 2 aliphatic rings. The highest BCUT2D eigenvalue weighted by atomic mass is 32.1. The molecule has 0 radical (unpaired) electrons. The molecule has 3 rings (SSSR count). The average Bonchev–Trinajstić information content (AvgIpc) is 3.27. The van der Waals surface area contributed by atoms with Crippen molar-refractivity contribution in [2.75, 3.05) is 26.7 Å². The van der Waals surface area contributed by atoms with E-state index < -0.39 is 0 Å². The number of terminal acetylenes is 1. The van der Waals surface area contributed by atoms with Crippen LogP contribution in [0.2, 0.25) is 0 Å². The third-order valence-electron chi connectivity index (χ3n) is 5.38. The lowest BCUT2D eigenvalue weighted by Gasteiger charge is -2.33. The van der Waals surface area contributed by atoms with E-state index in [1.54, 1.807) is 11.3 Å². The molecule has 1 aromatic rings. The topological polar surface area (TPSA) is 64.7 Å². The zero-order chi connectivity index (χ0) is 18.5. The van der Waals surface area contributed by atoms with E-state index in [2.05, 4.69) is 44.8 Å². The van der Waals surface area contributed by atoms with Crippen LogP contribution in [0.3, 0.4) is 0 Å². The monoisotopic (exact) mass is 374 g/mol. The van der Waals surface area contributed by atoms with Crippen LogP contribution < -0.4 is 10.6 Å². The normalized spacial score (nSPS) is 26.6. The molecule has 140 valence electrons. The number of carbonyl (C=O) groups is 2. The van der Waals surface area contributed by atoms with Crippen molar-refractivity contribution in [2.45, 2.75) is 43.9 Å². The number of hydrogen-bond acceptors (Lipinski definition) is 5. The van der Waals surface area contributed by atoms with E-state index in [1.165, 1.54) is 4.88 Å². The van der Waals surface area contributed by atoms with Crippen molar-refractivity contribution in [3.05, 3.63) is 22.4 Å². The van der Waals surface area contributed by atoms with Crippen LogP contribution in [0.25, 0.3) is 0 Å². The lowest BCUT2D eigenvalue weighted by Crippen LogP contribution is -2.49. The summed E-state index contributed by atoms with van der Waals surface area (Å²) in [6.45, 7) is 2.58. The smallest absolute Gasteiger partial charge is 0.239 e. The van der Waals surface area contributed by atoms with Crippen LogP contribution in [0.4, 0.5) is 0 Å². The number of thiophene rings is 1. The van der Waals surface area contributed by atoms with Gasteiger partial charge in [-0.25, -0.2) is 0 Å². The first-order valence-corrected chi connectivity index (χ1v) is 9.94. The van der Waals surface area contributed by atoms with Crippen molar-refractivity contribution >= 4 is 23.2 Å². The van der Waals surface area contributed by atoms with Crippen molar-refractivity contribution in [1.82, 2.24) is 20.4 Å². The van der Waals surface area contributed by atoms with Gasteiger partial charge in [-0.1, -0.05) is 12.0 Å².